The van der Waals surface area contributed by atoms with Crippen LogP contribution in [0.25, 0.3) is 0 Å². The number of nitrogen functional groups attached to an aromatic ring is 1. The third-order valence-electron chi connectivity index (χ3n) is 1.37. The van der Waals surface area contributed by atoms with Gasteiger partial charge in [0.25, 0.3) is 0 Å². The molecule has 0 aliphatic heterocycles. The van der Waals surface area contributed by atoms with Crippen LogP contribution in [0.3, 0.4) is 0 Å². The average molecular weight is 202 g/mol. The maximum atomic E-state index is 10.6. The molecule has 0 saturated carbocycles. The van der Waals surface area contributed by atoms with Crippen molar-refractivity contribution in [2.24, 2.45) is 5.84 Å². The van der Waals surface area contributed by atoms with Gasteiger partial charge in [0.15, 0.2) is 0 Å². The van der Waals surface area contributed by atoms with E-state index in [0.717, 1.165) is 11.3 Å². The van der Waals surface area contributed by atoms with Gasteiger partial charge in [0.2, 0.25) is 0 Å². The van der Waals surface area contributed by atoms with Gasteiger partial charge in [-0.1, -0.05) is 0 Å². The molecule has 0 spiro atoms. The summed E-state index contributed by atoms with van der Waals surface area (Å²) < 4.78 is 0. The van der Waals surface area contributed by atoms with Gasteiger partial charge in [-0.15, -0.1) is 11.3 Å². The van der Waals surface area contributed by atoms with Crippen molar-refractivity contribution in [3.63, 3.8) is 0 Å². The highest BCUT2D eigenvalue weighted by molar-refractivity contribution is 7.15. The lowest BCUT2D eigenvalue weighted by Crippen LogP contribution is -2.12. The first-order valence-corrected chi connectivity index (χ1v) is 4.00. The zero-order chi connectivity index (χ0) is 10.0. The minimum absolute atomic E-state index is 0.130. The molecule has 0 bridgehead atoms. The maximum Gasteiger partial charge on any atom is 0.339 e. The predicted octanol–water partition coefficient (Wildman–Crippen LogP) is 0.430. The van der Waals surface area contributed by atoms with Gasteiger partial charge in [0.05, 0.1) is 5.56 Å². The minimum atomic E-state index is -1.31. The van der Waals surface area contributed by atoms with E-state index < -0.39 is 11.9 Å². The topological polar surface area (TPSA) is 113 Å². The van der Waals surface area contributed by atoms with E-state index in [1.54, 1.807) is 0 Å². The Hall–Kier alpha value is -1.60. The average Bonchev–Trinajstić information content (AvgIpc) is 2.46. The summed E-state index contributed by atoms with van der Waals surface area (Å²) in [7, 11) is 0. The first-order valence-electron chi connectivity index (χ1n) is 3.12. The second kappa shape index (κ2) is 3.42. The Labute approximate surface area is 76.6 Å². The highest BCUT2D eigenvalue weighted by Crippen LogP contribution is 2.27. The van der Waals surface area contributed by atoms with Crippen molar-refractivity contribution in [1.82, 2.24) is 0 Å². The number of nitrogens with one attached hydrogen (secondary N) is 1. The summed E-state index contributed by atoms with van der Waals surface area (Å²) in [4.78, 5) is 21.1. The van der Waals surface area contributed by atoms with E-state index in [9.17, 15) is 9.59 Å². The summed E-state index contributed by atoms with van der Waals surface area (Å²) in [6.07, 6.45) is 0. The third-order valence-corrected chi connectivity index (χ3v) is 2.28. The number of hydrazine groups is 1. The molecule has 5 N–H and O–H groups in total. The molecule has 0 atom stereocenters. The standard InChI is InChI=1S/C6H6N2O4S/c7-8-4-3(6(11)12)2(1-13-4)5(9)10/h1,8H,7H2,(H,9,10)(H,11,12). The van der Waals surface area contributed by atoms with E-state index in [1.807, 2.05) is 0 Å². The van der Waals surface area contributed by atoms with Crippen molar-refractivity contribution >= 4 is 28.3 Å². The van der Waals surface area contributed by atoms with Gasteiger partial charge in [0, 0.05) is 5.38 Å². The van der Waals surface area contributed by atoms with Crippen molar-refractivity contribution < 1.29 is 19.8 Å². The van der Waals surface area contributed by atoms with Gasteiger partial charge < -0.3 is 15.6 Å². The maximum absolute atomic E-state index is 10.6. The monoisotopic (exact) mass is 202 g/mol. The van der Waals surface area contributed by atoms with Crippen molar-refractivity contribution in [3.05, 3.63) is 16.5 Å². The van der Waals surface area contributed by atoms with Crippen LogP contribution in [-0.2, 0) is 0 Å². The van der Waals surface area contributed by atoms with Crippen LogP contribution in [0.15, 0.2) is 5.38 Å². The fraction of sp³-hybridized carbons (Fsp3) is 0. The molecule has 13 heavy (non-hydrogen) atoms. The number of thiophene rings is 1. The van der Waals surface area contributed by atoms with Crippen molar-refractivity contribution in [3.8, 4) is 0 Å². The van der Waals surface area contributed by atoms with E-state index in [0.29, 0.717) is 0 Å². The number of rotatable bonds is 3. The lowest BCUT2D eigenvalue weighted by Gasteiger charge is -1.97. The molecule has 6 nitrogen and oxygen atoms in total. The molecule has 0 radical (unpaired) electrons. The Morgan fingerprint density at radius 3 is 2.38 bits per heavy atom. The largest absolute Gasteiger partial charge is 0.478 e. The Balaban J connectivity index is 3.30. The molecule has 0 aliphatic rings. The third kappa shape index (κ3) is 1.60. The van der Waals surface area contributed by atoms with Gasteiger partial charge in [-0.25, -0.2) is 15.4 Å². The van der Waals surface area contributed by atoms with Crippen LogP contribution in [0.5, 0.6) is 0 Å². The number of hydrogen-bond donors (Lipinski definition) is 4. The SMILES string of the molecule is NNc1scc(C(=O)O)c1C(=O)O. The highest BCUT2D eigenvalue weighted by atomic mass is 32.1. The van der Waals surface area contributed by atoms with Crippen LogP contribution >= 0.6 is 11.3 Å². The Bertz CT molecular complexity index is 360. The summed E-state index contributed by atoms with van der Waals surface area (Å²) in [5, 5.41) is 18.6. The van der Waals surface area contributed by atoms with Crippen molar-refractivity contribution in [1.29, 1.82) is 0 Å². The second-order valence-corrected chi connectivity index (χ2v) is 2.99. The highest BCUT2D eigenvalue weighted by Gasteiger charge is 2.21. The van der Waals surface area contributed by atoms with Gasteiger partial charge in [-0.2, -0.15) is 0 Å². The first-order chi connectivity index (χ1) is 6.07. The molecule has 0 unspecified atom stereocenters. The van der Waals surface area contributed by atoms with Crippen LogP contribution in [-0.4, -0.2) is 22.2 Å². The molecule has 0 fully saturated rings. The Morgan fingerprint density at radius 1 is 1.38 bits per heavy atom. The molecule has 1 aromatic heterocycles. The van der Waals surface area contributed by atoms with Crippen LogP contribution in [0.1, 0.15) is 20.7 Å². The van der Waals surface area contributed by atoms with E-state index in [-0.39, 0.29) is 16.1 Å². The summed E-state index contributed by atoms with van der Waals surface area (Å²) in [6, 6.07) is 0. The fourth-order valence-electron chi connectivity index (χ4n) is 0.834. The van der Waals surface area contributed by atoms with Crippen LogP contribution in [0, 0.1) is 0 Å². The molecule has 1 heterocycles. The van der Waals surface area contributed by atoms with E-state index in [2.05, 4.69) is 5.43 Å². The van der Waals surface area contributed by atoms with Gasteiger partial charge in [0.1, 0.15) is 10.6 Å². The number of nitrogens with two attached hydrogens (primary N) is 1. The lowest BCUT2D eigenvalue weighted by atomic mass is 10.2. The Morgan fingerprint density at radius 2 is 2.00 bits per heavy atom. The number of hydrogen-bond acceptors (Lipinski definition) is 5. The molecule has 0 aliphatic carbocycles. The molecule has 7 heteroatoms. The molecule has 1 rings (SSSR count). The van der Waals surface area contributed by atoms with E-state index in [4.69, 9.17) is 16.1 Å². The fourth-order valence-corrected chi connectivity index (χ4v) is 1.67. The number of carboxylic acids is 2. The smallest absolute Gasteiger partial charge is 0.339 e. The normalized spacial score (nSPS) is 9.62. The van der Waals surface area contributed by atoms with E-state index >= 15 is 0 Å². The second-order valence-electron chi connectivity index (χ2n) is 2.11. The molecule has 70 valence electrons. The van der Waals surface area contributed by atoms with Crippen LogP contribution in [0.4, 0.5) is 5.00 Å². The summed E-state index contributed by atoms with van der Waals surface area (Å²) in [5.74, 6) is 2.41. The Kier molecular flexibility index (Phi) is 2.49. The predicted molar refractivity (Wildman–Crippen MR) is 46.0 cm³/mol. The zero-order valence-corrected chi connectivity index (χ0v) is 7.09. The number of carbonyl (C=O) groups is 2. The van der Waals surface area contributed by atoms with E-state index in [1.165, 1.54) is 5.38 Å². The molecular formula is C6H6N2O4S. The van der Waals surface area contributed by atoms with Crippen molar-refractivity contribution in [2.75, 3.05) is 5.43 Å². The molecule has 0 amide bonds. The quantitative estimate of drug-likeness (QED) is 0.417. The van der Waals surface area contributed by atoms with Crippen LogP contribution < -0.4 is 11.3 Å². The first kappa shape index (κ1) is 9.49. The molecular weight excluding hydrogens is 196 g/mol. The summed E-state index contributed by atoms with van der Waals surface area (Å²) in [6.45, 7) is 0. The lowest BCUT2D eigenvalue weighted by molar-refractivity contribution is 0.0653. The van der Waals surface area contributed by atoms with Gasteiger partial charge in [-0.3, -0.25) is 0 Å². The number of carboxylic acid groups (broad SMARTS) is 2. The minimum Gasteiger partial charge on any atom is -0.478 e. The zero-order valence-electron chi connectivity index (χ0n) is 6.27. The molecule has 0 aromatic carbocycles. The van der Waals surface area contributed by atoms with Gasteiger partial charge >= 0.3 is 11.9 Å². The molecule has 1 aromatic rings. The van der Waals surface area contributed by atoms with Gasteiger partial charge in [-0.05, 0) is 0 Å². The summed E-state index contributed by atoms with van der Waals surface area (Å²) in [5.41, 5.74) is 1.56. The molecule has 0 saturated heterocycles. The number of anilines is 1. The number of aromatic carboxylic acids is 2. The summed E-state index contributed by atoms with van der Waals surface area (Å²) >= 11 is 0.935. The van der Waals surface area contributed by atoms with Crippen molar-refractivity contribution in [2.45, 2.75) is 0 Å². The van der Waals surface area contributed by atoms with Crippen LogP contribution in [0.2, 0.25) is 0 Å².